The number of rotatable bonds is 4. The molecule has 0 bridgehead atoms. The molecular weight excluding hydrogens is 411 g/mol. The summed E-state index contributed by atoms with van der Waals surface area (Å²) in [6.07, 6.45) is 5.23. The van der Waals surface area contributed by atoms with Gasteiger partial charge in [0.05, 0.1) is 5.56 Å². The maximum Gasteiger partial charge on any atom is 0.339 e. The average Bonchev–Trinajstić information content (AvgIpc) is 2.54. The van der Waals surface area contributed by atoms with Crippen LogP contribution in [0.15, 0.2) is 24.3 Å². The van der Waals surface area contributed by atoms with E-state index >= 15 is 0 Å². The van der Waals surface area contributed by atoms with Crippen molar-refractivity contribution in [1.29, 1.82) is 0 Å². The molecule has 1 fully saturated rings. The lowest BCUT2D eigenvalue weighted by molar-refractivity contribution is -0.123. The normalized spacial score (nSPS) is 14.8. The van der Waals surface area contributed by atoms with E-state index < -0.39 is 24.5 Å². The molecule has 1 saturated carbocycles. The molecule has 7 heteroatoms. The Morgan fingerprint density at radius 2 is 1.83 bits per heavy atom. The van der Waals surface area contributed by atoms with Crippen LogP contribution in [0.4, 0.5) is 4.79 Å². The molecule has 1 aliphatic carbocycles. The number of ether oxygens (including phenoxy) is 1. The van der Waals surface area contributed by atoms with Crippen molar-refractivity contribution in [2.75, 3.05) is 6.61 Å². The lowest BCUT2D eigenvalue weighted by atomic mass is 9.96. The van der Waals surface area contributed by atoms with Crippen LogP contribution < -0.4 is 10.6 Å². The summed E-state index contributed by atoms with van der Waals surface area (Å²) in [6.45, 7) is -0.484. The van der Waals surface area contributed by atoms with E-state index in [2.05, 4.69) is 10.6 Å². The van der Waals surface area contributed by atoms with Gasteiger partial charge in [0.1, 0.15) is 0 Å². The molecule has 0 heterocycles. The minimum atomic E-state index is -0.641. The Labute approximate surface area is 148 Å². The summed E-state index contributed by atoms with van der Waals surface area (Å²) in [4.78, 5) is 35.2. The first kappa shape index (κ1) is 17.7. The number of hydrogen-bond acceptors (Lipinski definition) is 4. The predicted octanol–water partition coefficient (Wildman–Crippen LogP) is 2.61. The Kier molecular flexibility index (Phi) is 6.82. The minimum absolute atomic E-state index is 0.116. The summed E-state index contributed by atoms with van der Waals surface area (Å²) in [6, 6.07) is 6.50. The van der Waals surface area contributed by atoms with Crippen LogP contribution in [-0.4, -0.2) is 30.6 Å². The monoisotopic (exact) mass is 430 g/mol. The average molecular weight is 430 g/mol. The molecule has 3 amide bonds. The molecule has 1 aromatic rings. The molecule has 6 nitrogen and oxygen atoms in total. The van der Waals surface area contributed by atoms with E-state index in [1.165, 1.54) is 6.42 Å². The van der Waals surface area contributed by atoms with Crippen LogP contribution >= 0.6 is 22.6 Å². The summed E-state index contributed by atoms with van der Waals surface area (Å²) in [5.74, 6) is -1.23. The van der Waals surface area contributed by atoms with Crippen molar-refractivity contribution in [2.45, 2.75) is 38.1 Å². The van der Waals surface area contributed by atoms with Gasteiger partial charge in [0.15, 0.2) is 6.61 Å². The van der Waals surface area contributed by atoms with Gasteiger partial charge in [0.2, 0.25) is 0 Å². The molecular formula is C16H19IN2O4. The molecule has 0 aromatic heterocycles. The number of halogens is 1. The third kappa shape index (κ3) is 5.81. The van der Waals surface area contributed by atoms with Gasteiger partial charge in [0.25, 0.3) is 5.91 Å². The van der Waals surface area contributed by atoms with Gasteiger partial charge in [-0.25, -0.2) is 9.59 Å². The molecule has 124 valence electrons. The Morgan fingerprint density at radius 1 is 1.13 bits per heavy atom. The van der Waals surface area contributed by atoms with E-state index in [-0.39, 0.29) is 6.04 Å². The zero-order valence-electron chi connectivity index (χ0n) is 12.6. The van der Waals surface area contributed by atoms with Crippen molar-refractivity contribution >= 4 is 40.5 Å². The zero-order chi connectivity index (χ0) is 16.7. The van der Waals surface area contributed by atoms with E-state index in [9.17, 15) is 14.4 Å². The van der Waals surface area contributed by atoms with Gasteiger partial charge in [-0.1, -0.05) is 31.4 Å². The Morgan fingerprint density at radius 3 is 2.52 bits per heavy atom. The minimum Gasteiger partial charge on any atom is -0.452 e. The highest BCUT2D eigenvalue weighted by atomic mass is 127. The lowest BCUT2D eigenvalue weighted by Gasteiger charge is -2.22. The molecule has 0 unspecified atom stereocenters. The van der Waals surface area contributed by atoms with Gasteiger partial charge in [-0.15, -0.1) is 0 Å². The topological polar surface area (TPSA) is 84.5 Å². The van der Waals surface area contributed by atoms with Crippen LogP contribution in [-0.2, 0) is 9.53 Å². The SMILES string of the molecule is O=C(COC(=O)c1ccccc1I)NC(=O)NC1CCCCC1. The number of hydrogen-bond donors (Lipinski definition) is 2. The Bertz CT molecular complexity index is 585. The van der Waals surface area contributed by atoms with Crippen molar-refractivity contribution in [1.82, 2.24) is 10.6 Å². The summed E-state index contributed by atoms with van der Waals surface area (Å²) >= 11 is 2.02. The van der Waals surface area contributed by atoms with Crippen LogP contribution in [0.25, 0.3) is 0 Å². The van der Waals surface area contributed by atoms with Crippen molar-refractivity contribution in [3.05, 3.63) is 33.4 Å². The number of benzene rings is 1. The molecule has 2 rings (SSSR count). The predicted molar refractivity (Wildman–Crippen MR) is 93.0 cm³/mol. The van der Waals surface area contributed by atoms with Crippen LogP contribution in [0.2, 0.25) is 0 Å². The smallest absolute Gasteiger partial charge is 0.339 e. The van der Waals surface area contributed by atoms with Gasteiger partial charge in [-0.05, 0) is 47.6 Å². The molecule has 1 aliphatic rings. The van der Waals surface area contributed by atoms with Crippen LogP contribution in [0.5, 0.6) is 0 Å². The zero-order valence-corrected chi connectivity index (χ0v) is 14.8. The van der Waals surface area contributed by atoms with Crippen LogP contribution in [0, 0.1) is 3.57 Å². The van der Waals surface area contributed by atoms with E-state index in [0.717, 1.165) is 29.3 Å². The second kappa shape index (κ2) is 8.85. The number of carbonyl (C=O) groups excluding carboxylic acids is 3. The van der Waals surface area contributed by atoms with Gasteiger partial charge >= 0.3 is 12.0 Å². The lowest BCUT2D eigenvalue weighted by Crippen LogP contribution is -2.46. The molecule has 0 spiro atoms. The Hall–Kier alpha value is -1.64. The fraction of sp³-hybridized carbons (Fsp3) is 0.438. The van der Waals surface area contributed by atoms with E-state index in [1.54, 1.807) is 24.3 Å². The molecule has 1 aromatic carbocycles. The van der Waals surface area contributed by atoms with Gasteiger partial charge in [-0.2, -0.15) is 0 Å². The highest BCUT2D eigenvalue weighted by Gasteiger charge is 2.18. The molecule has 23 heavy (non-hydrogen) atoms. The Balaban J connectivity index is 1.73. The number of urea groups is 1. The van der Waals surface area contributed by atoms with Crippen molar-refractivity contribution in [3.8, 4) is 0 Å². The van der Waals surface area contributed by atoms with Crippen molar-refractivity contribution in [3.63, 3.8) is 0 Å². The third-order valence-electron chi connectivity index (χ3n) is 3.62. The van der Waals surface area contributed by atoms with Crippen LogP contribution in [0.3, 0.4) is 0 Å². The summed E-state index contributed by atoms with van der Waals surface area (Å²) in [7, 11) is 0. The fourth-order valence-corrected chi connectivity index (χ4v) is 3.07. The van der Waals surface area contributed by atoms with Crippen molar-refractivity contribution in [2.24, 2.45) is 0 Å². The first-order chi connectivity index (χ1) is 11.1. The fourth-order valence-electron chi connectivity index (χ4n) is 2.47. The quantitative estimate of drug-likeness (QED) is 0.568. The number of amides is 3. The number of esters is 1. The number of nitrogens with one attached hydrogen (secondary N) is 2. The highest BCUT2D eigenvalue weighted by Crippen LogP contribution is 2.17. The second-order valence-corrected chi connectivity index (χ2v) is 6.57. The molecule has 0 atom stereocenters. The summed E-state index contributed by atoms with van der Waals surface area (Å²) in [5, 5.41) is 4.95. The van der Waals surface area contributed by atoms with Gasteiger partial charge in [0, 0.05) is 9.61 Å². The maximum absolute atomic E-state index is 11.9. The van der Waals surface area contributed by atoms with E-state index in [0.29, 0.717) is 5.56 Å². The first-order valence-corrected chi connectivity index (χ1v) is 8.66. The molecule has 2 N–H and O–H groups in total. The molecule has 0 saturated heterocycles. The number of imide groups is 1. The second-order valence-electron chi connectivity index (χ2n) is 5.41. The van der Waals surface area contributed by atoms with Gasteiger partial charge < -0.3 is 10.1 Å². The number of carbonyl (C=O) groups is 3. The van der Waals surface area contributed by atoms with Gasteiger partial charge in [-0.3, -0.25) is 10.1 Å². The summed E-state index contributed by atoms with van der Waals surface area (Å²) in [5.41, 5.74) is 0.396. The third-order valence-corrected chi connectivity index (χ3v) is 4.56. The van der Waals surface area contributed by atoms with E-state index in [1.807, 2.05) is 22.6 Å². The maximum atomic E-state index is 11.9. The molecule has 0 radical (unpaired) electrons. The summed E-state index contributed by atoms with van der Waals surface area (Å²) < 4.78 is 5.67. The molecule has 0 aliphatic heterocycles. The first-order valence-electron chi connectivity index (χ1n) is 7.58. The highest BCUT2D eigenvalue weighted by molar-refractivity contribution is 14.1. The van der Waals surface area contributed by atoms with Crippen LogP contribution in [0.1, 0.15) is 42.5 Å². The van der Waals surface area contributed by atoms with Crippen molar-refractivity contribution < 1.29 is 19.1 Å². The van der Waals surface area contributed by atoms with E-state index in [4.69, 9.17) is 4.74 Å². The standard InChI is InChI=1S/C16H19IN2O4/c17-13-9-5-4-8-12(13)15(21)23-10-14(20)19-16(22)18-11-6-2-1-3-7-11/h4-5,8-9,11H,1-3,6-7,10H2,(H2,18,19,20,22). The largest absolute Gasteiger partial charge is 0.452 e.